The summed E-state index contributed by atoms with van der Waals surface area (Å²) in [5.41, 5.74) is 1.90. The second kappa shape index (κ2) is 7.28. The minimum absolute atomic E-state index is 0.0605. The van der Waals surface area contributed by atoms with E-state index in [1.807, 2.05) is 43.3 Å². The number of sulfone groups is 1. The molecule has 0 aliphatic carbocycles. The van der Waals surface area contributed by atoms with Crippen molar-refractivity contribution in [2.75, 3.05) is 41.1 Å². The first-order valence-electron chi connectivity index (χ1n) is 8.21. The van der Waals surface area contributed by atoms with Gasteiger partial charge in [-0.05, 0) is 36.8 Å². The van der Waals surface area contributed by atoms with E-state index in [-0.39, 0.29) is 35.1 Å². The number of rotatable bonds is 5. The standard InChI is InChI=1S/C17H21N5O3S/c1-22(2)14-5-3-12(4-6-14)19-16(23)15-7-9-18-17(21-15)20-13-8-10-26(24,25)11-13/h3-7,9,13H,8,10-11H2,1-2H3,(H,19,23)(H,18,20,21). The van der Waals surface area contributed by atoms with E-state index in [2.05, 4.69) is 20.6 Å². The van der Waals surface area contributed by atoms with Crippen LogP contribution >= 0.6 is 0 Å². The lowest BCUT2D eigenvalue weighted by molar-refractivity contribution is 0.102. The SMILES string of the molecule is CN(C)c1ccc(NC(=O)c2ccnc(NC3CCS(=O)(=O)C3)n2)cc1. The molecule has 1 fully saturated rings. The summed E-state index contributed by atoms with van der Waals surface area (Å²) in [5.74, 6) is 0.119. The van der Waals surface area contributed by atoms with Crippen LogP contribution in [0.2, 0.25) is 0 Å². The summed E-state index contributed by atoms with van der Waals surface area (Å²) in [5, 5.41) is 5.78. The molecule has 1 aromatic carbocycles. The summed E-state index contributed by atoms with van der Waals surface area (Å²) >= 11 is 0. The van der Waals surface area contributed by atoms with Gasteiger partial charge in [0.25, 0.3) is 5.91 Å². The minimum Gasteiger partial charge on any atom is -0.378 e. The van der Waals surface area contributed by atoms with E-state index in [0.717, 1.165) is 5.69 Å². The number of hydrogen-bond acceptors (Lipinski definition) is 7. The number of aromatic nitrogens is 2. The van der Waals surface area contributed by atoms with E-state index >= 15 is 0 Å². The highest BCUT2D eigenvalue weighted by Gasteiger charge is 2.28. The van der Waals surface area contributed by atoms with Gasteiger partial charge in [-0.15, -0.1) is 0 Å². The van der Waals surface area contributed by atoms with E-state index in [9.17, 15) is 13.2 Å². The van der Waals surface area contributed by atoms with E-state index in [4.69, 9.17) is 0 Å². The Labute approximate surface area is 152 Å². The predicted molar refractivity (Wildman–Crippen MR) is 101 cm³/mol. The van der Waals surface area contributed by atoms with Crippen LogP contribution in [0.5, 0.6) is 0 Å². The lowest BCUT2D eigenvalue weighted by Crippen LogP contribution is -2.23. The number of nitrogens with zero attached hydrogens (tertiary/aromatic N) is 3. The van der Waals surface area contributed by atoms with Crippen LogP contribution < -0.4 is 15.5 Å². The molecule has 1 atom stereocenters. The second-order valence-corrected chi connectivity index (χ2v) is 8.63. The fourth-order valence-electron chi connectivity index (χ4n) is 2.68. The molecular formula is C17H21N5O3S. The molecule has 1 aliphatic rings. The van der Waals surface area contributed by atoms with E-state index in [1.165, 1.54) is 12.3 Å². The minimum atomic E-state index is -2.99. The number of anilines is 3. The average Bonchev–Trinajstić information content (AvgIpc) is 2.94. The summed E-state index contributed by atoms with van der Waals surface area (Å²) in [7, 11) is 0.893. The monoisotopic (exact) mass is 375 g/mol. The van der Waals surface area contributed by atoms with Gasteiger partial charge in [0.1, 0.15) is 5.69 Å². The fraction of sp³-hybridized carbons (Fsp3) is 0.353. The van der Waals surface area contributed by atoms with Crippen molar-refractivity contribution in [2.45, 2.75) is 12.5 Å². The Morgan fingerprint density at radius 1 is 1.19 bits per heavy atom. The van der Waals surface area contributed by atoms with Gasteiger partial charge in [0, 0.05) is 37.7 Å². The lowest BCUT2D eigenvalue weighted by Gasteiger charge is -2.13. The quantitative estimate of drug-likeness (QED) is 0.814. The molecule has 2 aromatic rings. The first kappa shape index (κ1) is 18.1. The Kier molecular flexibility index (Phi) is 5.08. The molecule has 2 N–H and O–H groups in total. The van der Waals surface area contributed by atoms with Crippen molar-refractivity contribution in [2.24, 2.45) is 0 Å². The molecule has 0 bridgehead atoms. The van der Waals surface area contributed by atoms with Crippen LogP contribution in [0.1, 0.15) is 16.9 Å². The summed E-state index contributed by atoms with van der Waals surface area (Å²) in [6.07, 6.45) is 1.99. The van der Waals surface area contributed by atoms with Crippen LogP contribution in [-0.2, 0) is 9.84 Å². The summed E-state index contributed by atoms with van der Waals surface area (Å²) in [4.78, 5) is 22.6. The molecule has 0 radical (unpaired) electrons. The maximum atomic E-state index is 12.4. The van der Waals surface area contributed by atoms with Gasteiger partial charge in [-0.3, -0.25) is 4.79 Å². The van der Waals surface area contributed by atoms with Gasteiger partial charge in [0.05, 0.1) is 11.5 Å². The molecule has 1 unspecified atom stereocenters. The Balaban J connectivity index is 1.66. The van der Waals surface area contributed by atoms with Gasteiger partial charge in [-0.25, -0.2) is 18.4 Å². The topological polar surface area (TPSA) is 104 Å². The maximum Gasteiger partial charge on any atom is 0.274 e. The van der Waals surface area contributed by atoms with E-state index in [0.29, 0.717) is 12.1 Å². The van der Waals surface area contributed by atoms with E-state index in [1.54, 1.807) is 0 Å². The first-order chi connectivity index (χ1) is 12.3. The zero-order valence-electron chi connectivity index (χ0n) is 14.6. The van der Waals surface area contributed by atoms with Crippen molar-refractivity contribution < 1.29 is 13.2 Å². The van der Waals surface area contributed by atoms with Gasteiger partial charge in [-0.1, -0.05) is 0 Å². The molecule has 8 nitrogen and oxygen atoms in total. The largest absolute Gasteiger partial charge is 0.378 e. The number of nitrogens with one attached hydrogen (secondary N) is 2. The highest BCUT2D eigenvalue weighted by molar-refractivity contribution is 7.91. The predicted octanol–water partition coefficient (Wildman–Crippen LogP) is 1.39. The maximum absolute atomic E-state index is 12.4. The molecule has 1 aliphatic heterocycles. The third-order valence-electron chi connectivity index (χ3n) is 4.10. The van der Waals surface area contributed by atoms with Crippen LogP contribution in [0.25, 0.3) is 0 Å². The van der Waals surface area contributed by atoms with Crippen LogP contribution in [0.3, 0.4) is 0 Å². The normalized spacial score (nSPS) is 18.3. The molecule has 1 aromatic heterocycles. The first-order valence-corrected chi connectivity index (χ1v) is 10.0. The molecule has 3 rings (SSSR count). The van der Waals surface area contributed by atoms with Crippen molar-refractivity contribution in [3.05, 3.63) is 42.2 Å². The number of benzene rings is 1. The number of carbonyl (C=O) groups excluding carboxylic acids is 1. The van der Waals surface area contributed by atoms with Crippen LogP contribution in [0.15, 0.2) is 36.5 Å². The van der Waals surface area contributed by atoms with Gasteiger partial charge < -0.3 is 15.5 Å². The van der Waals surface area contributed by atoms with E-state index < -0.39 is 9.84 Å². The number of amides is 1. The summed E-state index contributed by atoms with van der Waals surface area (Å²) in [6, 6.07) is 8.73. The zero-order valence-corrected chi connectivity index (χ0v) is 15.5. The lowest BCUT2D eigenvalue weighted by atomic mass is 10.2. The fourth-order valence-corrected chi connectivity index (χ4v) is 4.36. The van der Waals surface area contributed by atoms with Gasteiger partial charge in [0.15, 0.2) is 9.84 Å². The molecule has 0 spiro atoms. The molecule has 1 saturated heterocycles. The van der Waals surface area contributed by atoms with Crippen molar-refractivity contribution in [1.82, 2.24) is 9.97 Å². The third kappa shape index (κ3) is 4.48. The zero-order chi connectivity index (χ0) is 18.7. The molecule has 0 saturated carbocycles. The van der Waals surface area contributed by atoms with Crippen molar-refractivity contribution >= 4 is 33.1 Å². The highest BCUT2D eigenvalue weighted by Crippen LogP contribution is 2.17. The average molecular weight is 375 g/mol. The number of carbonyl (C=O) groups is 1. The second-order valence-electron chi connectivity index (χ2n) is 6.41. The van der Waals surface area contributed by atoms with Crippen molar-refractivity contribution in [3.63, 3.8) is 0 Å². The van der Waals surface area contributed by atoms with Gasteiger partial charge in [0.2, 0.25) is 5.95 Å². The number of hydrogen-bond donors (Lipinski definition) is 2. The molecule has 9 heteroatoms. The van der Waals surface area contributed by atoms with Gasteiger partial charge >= 0.3 is 0 Å². The van der Waals surface area contributed by atoms with Crippen LogP contribution in [0.4, 0.5) is 17.3 Å². The Bertz CT molecular complexity index is 897. The highest BCUT2D eigenvalue weighted by atomic mass is 32.2. The summed E-state index contributed by atoms with van der Waals surface area (Å²) < 4.78 is 23.1. The van der Waals surface area contributed by atoms with Gasteiger partial charge in [-0.2, -0.15) is 0 Å². The van der Waals surface area contributed by atoms with Crippen LogP contribution in [0, 0.1) is 0 Å². The van der Waals surface area contributed by atoms with Crippen molar-refractivity contribution in [3.8, 4) is 0 Å². The van der Waals surface area contributed by atoms with Crippen molar-refractivity contribution in [1.29, 1.82) is 0 Å². The molecular weight excluding hydrogens is 354 g/mol. The smallest absolute Gasteiger partial charge is 0.274 e. The molecule has 26 heavy (non-hydrogen) atoms. The van der Waals surface area contributed by atoms with Crippen LogP contribution in [-0.4, -0.2) is 55.9 Å². The Hall–Kier alpha value is -2.68. The third-order valence-corrected chi connectivity index (χ3v) is 5.86. The molecule has 138 valence electrons. The Morgan fingerprint density at radius 2 is 1.92 bits per heavy atom. The molecule has 1 amide bonds. The molecule has 2 heterocycles. The summed E-state index contributed by atoms with van der Waals surface area (Å²) in [6.45, 7) is 0. The Morgan fingerprint density at radius 3 is 2.54 bits per heavy atom.